The van der Waals surface area contributed by atoms with Crippen molar-refractivity contribution in [2.24, 2.45) is 0 Å². The number of hydrogen-bond acceptors (Lipinski definition) is 20. The molecule has 4 aromatic carbocycles. The predicted octanol–water partition coefficient (Wildman–Crippen LogP) is 7.02. The molecular weight excluding hydrogens is 1120 g/mol. The third-order valence-corrected chi connectivity index (χ3v) is 13.9. The summed E-state index contributed by atoms with van der Waals surface area (Å²) in [7, 11) is -14.1. The summed E-state index contributed by atoms with van der Waals surface area (Å²) in [5.74, 6) is -1.91. The molecule has 3 aliphatic heterocycles. The molecule has 21 nitrogen and oxygen atoms in total. The van der Waals surface area contributed by atoms with Crippen molar-refractivity contribution in [2.75, 3.05) is 26.4 Å². The van der Waals surface area contributed by atoms with E-state index in [0.717, 1.165) is 12.2 Å². The van der Waals surface area contributed by atoms with Gasteiger partial charge in [0.25, 0.3) is 11.8 Å². The molecule has 29 heteroatoms. The lowest BCUT2D eigenvalue weighted by atomic mass is 9.93. The standard InChI is InChI=1S/C51H49F6NO20S2/c1-3-24-68-48(61)72-30-37-40(77-79(63,64)50(52,53)54)42(76-49(62)69-25-4-2)43(78-80(65,66)51(55,56)57)47(74-37)75-39-36(29-67-26-31-16-8-5-9-17-31)73-46(71-28-33-20-12-7-13-21-33)38(41(39)70-27-32-18-10-6-11-19-32)58-44(59)34-22-14-15-23-35(34)45(58)60/h3-23,36-43,46-47H,1-2,24-30H2/t36-,37-,38-,39-,40+,41-,42+,43-,46-,47+/m1/s1. The van der Waals surface area contributed by atoms with Gasteiger partial charge in [0.2, 0.25) is 0 Å². The minimum Gasteiger partial charge on any atom is -0.431 e. The number of carbonyl (C=O) groups excluding carboxylic acids is 4. The Bertz CT molecular complexity index is 2980. The summed E-state index contributed by atoms with van der Waals surface area (Å²) < 4.78 is 205. The number of alkyl halides is 6. The Morgan fingerprint density at radius 3 is 1.50 bits per heavy atom. The fourth-order valence-electron chi connectivity index (χ4n) is 8.28. The van der Waals surface area contributed by atoms with E-state index in [1.807, 2.05) is 0 Å². The second-order valence-electron chi connectivity index (χ2n) is 17.3. The van der Waals surface area contributed by atoms with Crippen molar-refractivity contribution in [2.45, 2.75) is 92.2 Å². The van der Waals surface area contributed by atoms with Gasteiger partial charge < -0.3 is 47.4 Å². The average Bonchev–Trinajstić information content (AvgIpc) is 3.92. The Morgan fingerprint density at radius 1 is 0.537 bits per heavy atom. The van der Waals surface area contributed by atoms with Gasteiger partial charge in [0.15, 0.2) is 24.8 Å². The van der Waals surface area contributed by atoms with Crippen LogP contribution in [0.3, 0.4) is 0 Å². The molecule has 3 aliphatic rings. The first-order chi connectivity index (χ1) is 38.0. The van der Waals surface area contributed by atoms with E-state index < -0.39 is 150 Å². The first-order valence-electron chi connectivity index (χ1n) is 23.7. The number of amides is 2. The third kappa shape index (κ3) is 14.9. The molecule has 7 rings (SSSR count). The molecule has 2 saturated heterocycles. The van der Waals surface area contributed by atoms with Crippen molar-refractivity contribution in [3.05, 3.63) is 168 Å². The van der Waals surface area contributed by atoms with Crippen LogP contribution in [0, 0.1) is 0 Å². The molecule has 4 aromatic rings. The second-order valence-corrected chi connectivity index (χ2v) is 20.4. The van der Waals surface area contributed by atoms with E-state index in [0.29, 0.717) is 21.6 Å². The molecule has 0 bridgehead atoms. The number of hydrogen-bond donors (Lipinski definition) is 0. The van der Waals surface area contributed by atoms with Crippen LogP contribution in [-0.4, -0.2) is 145 Å². The summed E-state index contributed by atoms with van der Waals surface area (Å²) in [5.41, 5.74) is -11.5. The number of imide groups is 1. The number of nitrogens with zero attached hydrogens (tertiary/aromatic N) is 1. The van der Waals surface area contributed by atoms with E-state index >= 15 is 0 Å². The van der Waals surface area contributed by atoms with Gasteiger partial charge in [0, 0.05) is 0 Å². The number of ether oxygens (including phenoxy) is 10. The maximum atomic E-state index is 14.6. The summed E-state index contributed by atoms with van der Waals surface area (Å²) in [5, 5.41) is 0. The average molecular weight is 1170 g/mol. The van der Waals surface area contributed by atoms with Crippen LogP contribution in [0.4, 0.5) is 35.9 Å². The molecule has 80 heavy (non-hydrogen) atoms. The Hall–Kier alpha value is -6.80. The van der Waals surface area contributed by atoms with Crippen LogP contribution < -0.4 is 0 Å². The van der Waals surface area contributed by atoms with Crippen LogP contribution in [0.1, 0.15) is 37.4 Å². The van der Waals surface area contributed by atoms with Crippen molar-refractivity contribution >= 4 is 44.4 Å². The summed E-state index contributed by atoms with van der Waals surface area (Å²) in [6.45, 7) is 2.16. The fourth-order valence-corrected chi connectivity index (χ4v) is 9.51. The summed E-state index contributed by atoms with van der Waals surface area (Å²) in [6, 6.07) is 28.5. The van der Waals surface area contributed by atoms with Gasteiger partial charge in [-0.1, -0.05) is 128 Å². The monoisotopic (exact) mass is 1170 g/mol. The largest absolute Gasteiger partial charge is 0.523 e. The zero-order chi connectivity index (χ0) is 57.8. The lowest BCUT2D eigenvalue weighted by Crippen LogP contribution is -2.69. The molecule has 432 valence electrons. The predicted molar refractivity (Wildman–Crippen MR) is 259 cm³/mol. The Kier molecular flexibility index (Phi) is 20.3. The number of carbonyl (C=O) groups is 4. The molecule has 0 aromatic heterocycles. The molecule has 0 N–H and O–H groups in total. The van der Waals surface area contributed by atoms with Crippen molar-refractivity contribution < 1.29 is 118 Å². The molecule has 10 atom stereocenters. The second kappa shape index (κ2) is 26.6. The van der Waals surface area contributed by atoms with Crippen LogP contribution in [0.5, 0.6) is 0 Å². The van der Waals surface area contributed by atoms with Gasteiger partial charge >= 0.3 is 43.6 Å². The van der Waals surface area contributed by atoms with Gasteiger partial charge in [-0.15, -0.1) is 0 Å². The molecule has 0 saturated carbocycles. The topological polar surface area (TPSA) is 251 Å². The minimum atomic E-state index is -7.09. The van der Waals surface area contributed by atoms with Gasteiger partial charge in [-0.05, 0) is 28.8 Å². The number of rotatable bonds is 24. The van der Waals surface area contributed by atoms with E-state index in [4.69, 9.17) is 47.4 Å². The zero-order valence-electron chi connectivity index (χ0n) is 41.5. The Labute approximate surface area is 452 Å². The highest BCUT2D eigenvalue weighted by Crippen LogP contribution is 2.41. The molecular formula is C51H49F6NO20S2. The molecule has 2 fully saturated rings. The van der Waals surface area contributed by atoms with Crippen molar-refractivity contribution in [1.29, 1.82) is 0 Å². The Morgan fingerprint density at radius 2 is 0.988 bits per heavy atom. The molecule has 0 spiro atoms. The van der Waals surface area contributed by atoms with Crippen molar-refractivity contribution in [3.63, 3.8) is 0 Å². The van der Waals surface area contributed by atoms with Gasteiger partial charge in [-0.25, -0.2) is 9.59 Å². The summed E-state index contributed by atoms with van der Waals surface area (Å²) >= 11 is 0. The highest BCUT2D eigenvalue weighted by Gasteiger charge is 2.63. The van der Waals surface area contributed by atoms with Gasteiger partial charge in [-0.2, -0.15) is 43.2 Å². The van der Waals surface area contributed by atoms with Gasteiger partial charge in [0.1, 0.15) is 56.4 Å². The molecule has 2 amide bonds. The highest BCUT2D eigenvalue weighted by molar-refractivity contribution is 7.87. The SMILES string of the molecule is C=CCOC(=O)OC[C@H]1O[C@@H](O[C@H]2[C@H](OCc3ccccc3)[C@@H](N3C(=O)c4ccccc4C3=O)[C@H](OCc3ccccc3)O[C@@H]2COCc2ccccc2)[C@H](OS(=O)(=O)C(F)(F)F)[C@@H](OC(=O)OCC=C)[C@H]1OS(=O)(=O)C(F)(F)F. The van der Waals surface area contributed by atoms with Crippen LogP contribution in [0.15, 0.2) is 141 Å². The molecule has 0 unspecified atom stereocenters. The molecule has 3 heterocycles. The van der Waals surface area contributed by atoms with Crippen LogP contribution in [0.25, 0.3) is 0 Å². The number of halogens is 6. The molecule has 0 radical (unpaired) electrons. The van der Waals surface area contributed by atoms with E-state index in [-0.39, 0.29) is 24.3 Å². The van der Waals surface area contributed by atoms with Crippen molar-refractivity contribution in [3.8, 4) is 0 Å². The lowest BCUT2D eigenvalue weighted by Gasteiger charge is -2.50. The smallest absolute Gasteiger partial charge is 0.431 e. The van der Waals surface area contributed by atoms with Crippen molar-refractivity contribution in [1.82, 2.24) is 4.90 Å². The quantitative estimate of drug-likeness (QED) is 0.0171. The van der Waals surface area contributed by atoms with E-state index in [1.54, 1.807) is 91.0 Å². The van der Waals surface area contributed by atoms with E-state index in [9.17, 15) is 62.4 Å². The normalized spacial score (nSPS) is 24.4. The van der Waals surface area contributed by atoms with E-state index in [1.165, 1.54) is 24.3 Å². The number of fused-ring (bicyclic) bond motifs is 1. The number of benzene rings is 4. The highest BCUT2D eigenvalue weighted by atomic mass is 32.2. The van der Waals surface area contributed by atoms with Gasteiger partial charge in [0.05, 0.1) is 37.6 Å². The van der Waals surface area contributed by atoms with Crippen LogP contribution in [-0.2, 0) is 95.8 Å². The lowest BCUT2D eigenvalue weighted by molar-refractivity contribution is -0.353. The fraction of sp³-hybridized carbons (Fsp3) is 0.373. The zero-order valence-corrected chi connectivity index (χ0v) is 43.1. The van der Waals surface area contributed by atoms with E-state index in [2.05, 4.69) is 21.5 Å². The third-order valence-electron chi connectivity index (χ3n) is 11.8. The van der Waals surface area contributed by atoms with Gasteiger partial charge in [-0.3, -0.25) is 22.9 Å². The first kappa shape index (κ1) is 60.8. The maximum absolute atomic E-state index is 14.6. The maximum Gasteiger partial charge on any atom is 0.523 e. The summed E-state index contributed by atoms with van der Waals surface area (Å²) in [4.78, 5) is 55.9. The first-order valence-corrected chi connectivity index (χ1v) is 26.5. The van der Waals surface area contributed by atoms with Crippen LogP contribution in [0.2, 0.25) is 0 Å². The summed E-state index contributed by atoms with van der Waals surface area (Å²) in [6.07, 6.45) is -24.6. The van der Waals surface area contributed by atoms with Crippen LogP contribution >= 0.6 is 0 Å². The Balaban J connectivity index is 1.44. The molecule has 0 aliphatic carbocycles. The minimum absolute atomic E-state index is 0.119.